The van der Waals surface area contributed by atoms with E-state index in [2.05, 4.69) is 29.4 Å². The van der Waals surface area contributed by atoms with Gasteiger partial charge in [-0.15, -0.1) is 0 Å². The summed E-state index contributed by atoms with van der Waals surface area (Å²) in [6.07, 6.45) is 1.59. The number of rotatable bonds is 5. The van der Waals surface area contributed by atoms with Crippen LogP contribution in [0.5, 0.6) is 0 Å². The van der Waals surface area contributed by atoms with Crippen molar-refractivity contribution < 1.29 is 4.79 Å². The molecule has 21 heavy (non-hydrogen) atoms. The number of aryl methyl sites for hydroxylation is 1. The summed E-state index contributed by atoms with van der Waals surface area (Å²) in [5, 5.41) is 3.06. The van der Waals surface area contributed by atoms with Crippen LogP contribution in [0.25, 0.3) is 0 Å². The maximum atomic E-state index is 12.0. The number of likely N-dealkylation sites (N-methyl/N-ethyl adjacent to an activating group) is 1. The Morgan fingerprint density at radius 1 is 1.29 bits per heavy atom. The summed E-state index contributed by atoms with van der Waals surface area (Å²) in [7, 11) is 1.91. The number of halogens is 1. The van der Waals surface area contributed by atoms with Crippen molar-refractivity contribution in [1.29, 1.82) is 0 Å². The van der Waals surface area contributed by atoms with Crippen LogP contribution in [0.15, 0.2) is 42.6 Å². The number of benzene rings is 1. The molecule has 2 rings (SSSR count). The van der Waals surface area contributed by atoms with Gasteiger partial charge in [-0.3, -0.25) is 9.69 Å². The zero-order chi connectivity index (χ0) is 15.2. The highest BCUT2D eigenvalue weighted by Gasteiger charge is 2.10. The van der Waals surface area contributed by atoms with Crippen molar-refractivity contribution in [2.45, 2.75) is 13.5 Å². The molecule has 1 aromatic carbocycles. The second-order valence-electron chi connectivity index (χ2n) is 4.99. The van der Waals surface area contributed by atoms with E-state index < -0.39 is 0 Å². The minimum Gasteiger partial charge on any atom is -0.322 e. The van der Waals surface area contributed by atoms with Gasteiger partial charge in [0.05, 0.1) is 12.2 Å². The van der Waals surface area contributed by atoms with Crippen molar-refractivity contribution in [3.05, 3.63) is 58.9 Å². The lowest BCUT2D eigenvalue weighted by molar-refractivity contribution is -0.117. The quantitative estimate of drug-likeness (QED) is 0.863. The molecule has 0 saturated carbocycles. The zero-order valence-electron chi connectivity index (χ0n) is 12.1. The van der Waals surface area contributed by atoms with Gasteiger partial charge in [-0.05, 0) is 37.2 Å². The topological polar surface area (TPSA) is 45.2 Å². The van der Waals surface area contributed by atoms with Gasteiger partial charge in [0.15, 0.2) is 5.15 Å². The molecule has 0 saturated heterocycles. The molecule has 0 radical (unpaired) electrons. The Labute approximate surface area is 129 Å². The first kappa shape index (κ1) is 15.5. The van der Waals surface area contributed by atoms with Gasteiger partial charge >= 0.3 is 0 Å². The number of pyridine rings is 1. The average Bonchev–Trinajstić information content (AvgIpc) is 2.44. The van der Waals surface area contributed by atoms with Crippen LogP contribution < -0.4 is 5.32 Å². The normalized spacial score (nSPS) is 10.7. The Bertz CT molecular complexity index is 630. The van der Waals surface area contributed by atoms with Crippen molar-refractivity contribution in [2.24, 2.45) is 0 Å². The minimum atomic E-state index is -0.110. The number of carbonyl (C=O) groups is 1. The van der Waals surface area contributed by atoms with E-state index in [0.717, 1.165) is 6.54 Å². The van der Waals surface area contributed by atoms with Crippen LogP contribution in [0.2, 0.25) is 5.15 Å². The molecule has 0 spiro atoms. The monoisotopic (exact) mass is 303 g/mol. The number of carbonyl (C=O) groups excluding carboxylic acids is 1. The number of nitrogens with zero attached hydrogens (tertiary/aromatic N) is 2. The molecule has 0 bridgehead atoms. The van der Waals surface area contributed by atoms with E-state index in [4.69, 9.17) is 11.6 Å². The fourth-order valence-electron chi connectivity index (χ4n) is 2.05. The predicted molar refractivity (Wildman–Crippen MR) is 85.4 cm³/mol. The first-order valence-electron chi connectivity index (χ1n) is 6.69. The Morgan fingerprint density at radius 2 is 2.05 bits per heavy atom. The van der Waals surface area contributed by atoms with Crippen LogP contribution in [0.4, 0.5) is 5.69 Å². The molecule has 1 heterocycles. The number of anilines is 1. The summed E-state index contributed by atoms with van der Waals surface area (Å²) >= 11 is 5.92. The SMILES string of the molecule is Cc1ccccc1CN(C)CC(=O)Nc1cccnc1Cl. The van der Waals surface area contributed by atoms with E-state index in [1.54, 1.807) is 18.3 Å². The minimum absolute atomic E-state index is 0.110. The van der Waals surface area contributed by atoms with Gasteiger partial charge in [-0.25, -0.2) is 4.98 Å². The van der Waals surface area contributed by atoms with Gasteiger partial charge in [0, 0.05) is 12.7 Å². The molecular formula is C16H18ClN3O. The molecule has 0 fully saturated rings. The summed E-state index contributed by atoms with van der Waals surface area (Å²) in [5.74, 6) is -0.110. The zero-order valence-corrected chi connectivity index (χ0v) is 12.9. The maximum absolute atomic E-state index is 12.0. The molecule has 0 atom stereocenters. The van der Waals surface area contributed by atoms with E-state index in [-0.39, 0.29) is 5.91 Å². The van der Waals surface area contributed by atoms with Crippen LogP contribution in [-0.2, 0) is 11.3 Å². The van der Waals surface area contributed by atoms with Gasteiger partial charge in [-0.1, -0.05) is 35.9 Å². The maximum Gasteiger partial charge on any atom is 0.238 e. The van der Waals surface area contributed by atoms with Gasteiger partial charge in [-0.2, -0.15) is 0 Å². The molecule has 1 aromatic heterocycles. The van der Waals surface area contributed by atoms with Gasteiger partial charge in [0.25, 0.3) is 0 Å². The Morgan fingerprint density at radius 3 is 2.76 bits per heavy atom. The van der Waals surface area contributed by atoms with Gasteiger partial charge in [0.1, 0.15) is 0 Å². The van der Waals surface area contributed by atoms with Crippen LogP contribution in [0.3, 0.4) is 0 Å². The van der Waals surface area contributed by atoms with E-state index in [0.29, 0.717) is 17.4 Å². The number of nitrogens with one attached hydrogen (secondary N) is 1. The molecule has 4 nitrogen and oxygen atoms in total. The summed E-state index contributed by atoms with van der Waals surface area (Å²) in [4.78, 5) is 17.9. The second kappa shape index (κ2) is 7.20. The second-order valence-corrected chi connectivity index (χ2v) is 5.35. The molecule has 110 valence electrons. The number of hydrogen-bond acceptors (Lipinski definition) is 3. The lowest BCUT2D eigenvalue weighted by Gasteiger charge is -2.17. The molecule has 1 amide bonds. The molecule has 1 N–H and O–H groups in total. The van der Waals surface area contributed by atoms with Crippen LogP contribution in [-0.4, -0.2) is 29.4 Å². The summed E-state index contributed by atoms with van der Waals surface area (Å²) in [5.41, 5.74) is 2.97. The third kappa shape index (κ3) is 4.55. The van der Waals surface area contributed by atoms with Crippen molar-refractivity contribution in [2.75, 3.05) is 18.9 Å². The standard InChI is InChI=1S/C16H18ClN3O/c1-12-6-3-4-7-13(12)10-20(2)11-15(21)19-14-8-5-9-18-16(14)17/h3-9H,10-11H2,1-2H3,(H,19,21). The Balaban J connectivity index is 1.91. The summed E-state index contributed by atoms with van der Waals surface area (Å²) in [6, 6.07) is 11.6. The summed E-state index contributed by atoms with van der Waals surface area (Å²) < 4.78 is 0. The third-order valence-corrected chi connectivity index (χ3v) is 3.45. The average molecular weight is 304 g/mol. The number of aromatic nitrogens is 1. The number of hydrogen-bond donors (Lipinski definition) is 1. The first-order valence-corrected chi connectivity index (χ1v) is 7.07. The third-order valence-electron chi connectivity index (χ3n) is 3.15. The van der Waals surface area contributed by atoms with Crippen molar-refractivity contribution in [3.63, 3.8) is 0 Å². The van der Waals surface area contributed by atoms with Crippen molar-refractivity contribution >= 4 is 23.2 Å². The van der Waals surface area contributed by atoms with E-state index >= 15 is 0 Å². The van der Waals surface area contributed by atoms with Crippen molar-refractivity contribution in [3.8, 4) is 0 Å². The van der Waals surface area contributed by atoms with Crippen molar-refractivity contribution in [1.82, 2.24) is 9.88 Å². The number of amides is 1. The fraction of sp³-hybridized carbons (Fsp3) is 0.250. The highest BCUT2D eigenvalue weighted by atomic mass is 35.5. The van der Waals surface area contributed by atoms with Crippen LogP contribution >= 0.6 is 11.6 Å². The molecule has 0 aliphatic rings. The molecule has 2 aromatic rings. The molecular weight excluding hydrogens is 286 g/mol. The smallest absolute Gasteiger partial charge is 0.238 e. The van der Waals surface area contributed by atoms with E-state index in [1.807, 2.05) is 24.1 Å². The lowest BCUT2D eigenvalue weighted by atomic mass is 10.1. The lowest BCUT2D eigenvalue weighted by Crippen LogP contribution is -2.30. The first-order chi connectivity index (χ1) is 10.1. The Kier molecular flexibility index (Phi) is 5.31. The molecule has 5 heteroatoms. The van der Waals surface area contributed by atoms with Gasteiger partial charge < -0.3 is 5.32 Å². The van der Waals surface area contributed by atoms with E-state index in [1.165, 1.54) is 11.1 Å². The highest BCUT2D eigenvalue weighted by Crippen LogP contribution is 2.17. The predicted octanol–water partition coefficient (Wildman–Crippen LogP) is 3.11. The Hall–Kier alpha value is -1.91. The van der Waals surface area contributed by atoms with Crippen LogP contribution in [0.1, 0.15) is 11.1 Å². The van der Waals surface area contributed by atoms with Crippen LogP contribution in [0, 0.1) is 6.92 Å². The van der Waals surface area contributed by atoms with Gasteiger partial charge in [0.2, 0.25) is 5.91 Å². The fourth-order valence-corrected chi connectivity index (χ4v) is 2.21. The van der Waals surface area contributed by atoms with E-state index in [9.17, 15) is 4.79 Å². The summed E-state index contributed by atoms with van der Waals surface area (Å²) in [6.45, 7) is 3.08. The highest BCUT2D eigenvalue weighted by molar-refractivity contribution is 6.32. The molecule has 0 aliphatic heterocycles. The molecule has 0 unspecified atom stereocenters. The largest absolute Gasteiger partial charge is 0.322 e. The molecule has 0 aliphatic carbocycles.